The Balaban J connectivity index is 1.50. The maximum atomic E-state index is 12.3. The van der Waals surface area contributed by atoms with Crippen molar-refractivity contribution in [2.75, 3.05) is 38.1 Å². The summed E-state index contributed by atoms with van der Waals surface area (Å²) in [5.41, 5.74) is 0. The summed E-state index contributed by atoms with van der Waals surface area (Å²) in [6.45, 7) is 1.47. The first-order valence-electron chi connectivity index (χ1n) is 9.62. The molecule has 0 aromatic carbocycles. The second-order valence-corrected chi connectivity index (χ2v) is 12.4. The number of fused-ring (bicyclic) bond motifs is 1. The second-order valence-electron chi connectivity index (χ2n) is 8.10. The van der Waals surface area contributed by atoms with Crippen LogP contribution in [-0.4, -0.2) is 78.8 Å². The molecule has 2 aliphatic heterocycles. The molecule has 2 amide bonds. The molecule has 0 aromatic rings. The van der Waals surface area contributed by atoms with Gasteiger partial charge in [-0.3, -0.25) is 0 Å². The number of hydrogen-bond acceptors (Lipinski definition) is 4. The zero-order chi connectivity index (χ0) is 17.9. The Morgan fingerprint density at radius 2 is 1.80 bits per heavy atom. The lowest BCUT2D eigenvalue weighted by molar-refractivity contribution is 0.0692. The van der Waals surface area contributed by atoms with Crippen molar-refractivity contribution >= 4 is 16.1 Å². The fourth-order valence-corrected chi connectivity index (χ4v) is 6.95. The summed E-state index contributed by atoms with van der Waals surface area (Å²) in [5, 5.41) is 15.7. The molecule has 1 saturated carbocycles. The maximum Gasteiger partial charge on any atom is 0.315 e. The standard InChI is InChI=1S/C18H34N2O4S/c1-25(2,10-6-9-21)15-12-24-16-14(11-23-17(15)16)20-18(22)19-13-7-4-3-5-8-13/h13-17,21H,3-12H2,1-2H3,(H2,19,20,22)/t14-,15-,16+,17+/m0/s1. The largest absolute Gasteiger partial charge is 0.396 e. The summed E-state index contributed by atoms with van der Waals surface area (Å²) in [4.78, 5) is 12.3. The number of aliphatic hydroxyl groups excluding tert-OH is 1. The van der Waals surface area contributed by atoms with Gasteiger partial charge in [-0.05, 0) is 37.5 Å². The van der Waals surface area contributed by atoms with Crippen molar-refractivity contribution in [3.8, 4) is 0 Å². The van der Waals surface area contributed by atoms with Crippen molar-refractivity contribution < 1.29 is 19.4 Å². The average Bonchev–Trinajstić information content (AvgIpc) is 3.17. The van der Waals surface area contributed by atoms with Gasteiger partial charge in [-0.15, -0.1) is 0 Å². The molecule has 2 heterocycles. The molecule has 25 heavy (non-hydrogen) atoms. The summed E-state index contributed by atoms with van der Waals surface area (Å²) in [5.74, 6) is 1.03. The average molecular weight is 375 g/mol. The van der Waals surface area contributed by atoms with Gasteiger partial charge in [-0.25, -0.2) is 14.8 Å². The van der Waals surface area contributed by atoms with Crippen LogP contribution in [0.5, 0.6) is 0 Å². The molecule has 2 saturated heterocycles. The van der Waals surface area contributed by atoms with Crippen molar-refractivity contribution in [3.05, 3.63) is 0 Å². The van der Waals surface area contributed by atoms with E-state index in [1.807, 2.05) is 0 Å². The summed E-state index contributed by atoms with van der Waals surface area (Å²) >= 11 is 0. The quantitative estimate of drug-likeness (QED) is 0.660. The molecule has 3 rings (SSSR count). The predicted molar refractivity (Wildman–Crippen MR) is 102 cm³/mol. The van der Waals surface area contributed by atoms with Crippen LogP contribution in [0, 0.1) is 0 Å². The molecule has 0 unspecified atom stereocenters. The molecule has 0 aromatic heterocycles. The number of nitrogens with one attached hydrogen (secondary N) is 2. The van der Waals surface area contributed by atoms with Crippen molar-refractivity contribution in [2.45, 2.75) is 68.1 Å². The van der Waals surface area contributed by atoms with Crippen LogP contribution >= 0.6 is 10.0 Å². The summed E-state index contributed by atoms with van der Waals surface area (Å²) < 4.78 is 12.1. The van der Waals surface area contributed by atoms with Gasteiger partial charge in [0.2, 0.25) is 0 Å². The number of aliphatic hydroxyl groups is 1. The molecule has 6 nitrogen and oxygen atoms in total. The third-order valence-corrected chi connectivity index (χ3v) is 9.30. The fraction of sp³-hybridized carbons (Fsp3) is 0.944. The van der Waals surface area contributed by atoms with Crippen LogP contribution in [0.3, 0.4) is 0 Å². The minimum Gasteiger partial charge on any atom is -0.396 e. The van der Waals surface area contributed by atoms with E-state index in [-0.39, 0.29) is 30.9 Å². The van der Waals surface area contributed by atoms with Gasteiger partial charge < -0.3 is 25.2 Å². The highest BCUT2D eigenvalue weighted by Gasteiger charge is 2.51. The van der Waals surface area contributed by atoms with Gasteiger partial charge in [0.25, 0.3) is 0 Å². The van der Waals surface area contributed by atoms with Crippen LogP contribution in [0.15, 0.2) is 0 Å². The molecule has 0 bridgehead atoms. The number of carbonyl (C=O) groups excluding carboxylic acids is 1. The van der Waals surface area contributed by atoms with E-state index in [1.165, 1.54) is 19.3 Å². The smallest absolute Gasteiger partial charge is 0.315 e. The monoisotopic (exact) mass is 374 g/mol. The first-order valence-corrected chi connectivity index (χ1v) is 12.3. The molecular weight excluding hydrogens is 340 g/mol. The zero-order valence-corrected chi connectivity index (χ0v) is 16.4. The minimum absolute atomic E-state index is 0.0389. The van der Waals surface area contributed by atoms with E-state index in [0.29, 0.717) is 24.5 Å². The van der Waals surface area contributed by atoms with Gasteiger partial charge in [0, 0.05) is 17.9 Å². The Morgan fingerprint density at radius 3 is 2.52 bits per heavy atom. The van der Waals surface area contributed by atoms with Crippen molar-refractivity contribution in [3.63, 3.8) is 0 Å². The lowest BCUT2D eigenvalue weighted by atomic mass is 9.96. The molecule has 0 spiro atoms. The lowest BCUT2D eigenvalue weighted by Crippen LogP contribution is -2.51. The zero-order valence-electron chi connectivity index (χ0n) is 15.5. The van der Waals surface area contributed by atoms with Crippen LogP contribution < -0.4 is 10.6 Å². The topological polar surface area (TPSA) is 79.8 Å². The third kappa shape index (κ3) is 4.62. The van der Waals surface area contributed by atoms with Gasteiger partial charge >= 0.3 is 6.03 Å². The van der Waals surface area contributed by atoms with Gasteiger partial charge in [0.05, 0.1) is 25.4 Å². The van der Waals surface area contributed by atoms with E-state index < -0.39 is 10.0 Å². The van der Waals surface area contributed by atoms with E-state index in [0.717, 1.165) is 25.0 Å². The van der Waals surface area contributed by atoms with Gasteiger partial charge in [0.1, 0.15) is 6.10 Å². The van der Waals surface area contributed by atoms with Crippen molar-refractivity contribution in [2.24, 2.45) is 0 Å². The van der Waals surface area contributed by atoms with E-state index in [4.69, 9.17) is 14.6 Å². The normalized spacial score (nSPS) is 33.9. The second kappa shape index (κ2) is 8.46. The van der Waals surface area contributed by atoms with Crippen LogP contribution in [0.4, 0.5) is 4.79 Å². The Morgan fingerprint density at radius 1 is 1.08 bits per heavy atom. The number of urea groups is 1. The SMILES string of the molecule is CS(C)(CCCO)[C@H]1CO[C@H]2[C@@H]1OC[C@@H]2NC(=O)NC1CCCCC1. The molecule has 0 radical (unpaired) electrons. The molecule has 4 atom stereocenters. The highest BCUT2D eigenvalue weighted by atomic mass is 32.3. The van der Waals surface area contributed by atoms with Crippen LogP contribution in [0.1, 0.15) is 38.5 Å². The van der Waals surface area contributed by atoms with Crippen LogP contribution in [0.25, 0.3) is 0 Å². The first kappa shape index (κ1) is 19.3. The number of ether oxygens (including phenoxy) is 2. The minimum atomic E-state index is -0.889. The third-order valence-electron chi connectivity index (χ3n) is 5.91. The van der Waals surface area contributed by atoms with Crippen LogP contribution in [-0.2, 0) is 9.47 Å². The summed E-state index contributed by atoms with van der Waals surface area (Å²) in [6.07, 6.45) is 11.3. The van der Waals surface area contributed by atoms with Crippen molar-refractivity contribution in [1.82, 2.24) is 10.6 Å². The Kier molecular flexibility index (Phi) is 6.52. The molecule has 3 N–H and O–H groups in total. The summed E-state index contributed by atoms with van der Waals surface area (Å²) in [6, 6.07) is 0.165. The predicted octanol–water partition coefficient (Wildman–Crippen LogP) is 1.60. The Hall–Kier alpha value is -0.500. The van der Waals surface area contributed by atoms with E-state index in [1.54, 1.807) is 0 Å². The Bertz CT molecular complexity index is 456. The molecule has 3 aliphatic rings. The highest BCUT2D eigenvalue weighted by Crippen LogP contribution is 2.52. The van der Waals surface area contributed by atoms with Gasteiger partial charge in [-0.2, -0.15) is 0 Å². The number of hydrogen-bond donors (Lipinski definition) is 3. The molecule has 3 fully saturated rings. The number of rotatable bonds is 6. The Labute approximate surface area is 152 Å². The highest BCUT2D eigenvalue weighted by molar-refractivity contribution is 8.33. The van der Waals surface area contributed by atoms with E-state index in [2.05, 4.69) is 23.1 Å². The molecule has 7 heteroatoms. The lowest BCUT2D eigenvalue weighted by Gasteiger charge is -2.39. The fourth-order valence-electron chi connectivity index (χ4n) is 4.37. The van der Waals surface area contributed by atoms with Gasteiger partial charge in [-0.1, -0.05) is 19.3 Å². The van der Waals surface area contributed by atoms with E-state index in [9.17, 15) is 4.79 Å². The number of amides is 2. The molecular formula is C18H34N2O4S. The maximum absolute atomic E-state index is 12.3. The van der Waals surface area contributed by atoms with E-state index >= 15 is 0 Å². The van der Waals surface area contributed by atoms with Crippen LogP contribution in [0.2, 0.25) is 0 Å². The molecule has 1 aliphatic carbocycles. The molecule has 146 valence electrons. The van der Waals surface area contributed by atoms with Gasteiger partial charge in [0.15, 0.2) is 0 Å². The van der Waals surface area contributed by atoms with Crippen molar-refractivity contribution in [1.29, 1.82) is 0 Å². The summed E-state index contributed by atoms with van der Waals surface area (Å²) in [7, 11) is -0.889. The number of carbonyl (C=O) groups is 1. The first-order chi connectivity index (χ1) is 12.0.